The van der Waals surface area contributed by atoms with Gasteiger partial charge in [0.05, 0.1) is 19.8 Å². The van der Waals surface area contributed by atoms with Crippen molar-refractivity contribution in [2.24, 2.45) is 0 Å². The molecule has 0 amide bonds. The predicted octanol–water partition coefficient (Wildman–Crippen LogP) is 5.78. The number of aryl methyl sites for hydroxylation is 2. The van der Waals surface area contributed by atoms with Crippen LogP contribution in [0.15, 0.2) is 104 Å². The minimum Gasteiger partial charge on any atom is -0.493 e. The molecule has 38 heavy (non-hydrogen) atoms. The molecule has 2 heterocycles. The van der Waals surface area contributed by atoms with Crippen molar-refractivity contribution in [1.29, 1.82) is 0 Å². The average Bonchev–Trinajstić information content (AvgIpc) is 2.96. The van der Waals surface area contributed by atoms with E-state index in [1.807, 2.05) is 18.2 Å². The number of benzene rings is 3. The second-order valence-electron chi connectivity index (χ2n) is 9.71. The van der Waals surface area contributed by atoms with E-state index in [2.05, 4.69) is 94.6 Å². The molecule has 5 nitrogen and oxygen atoms in total. The van der Waals surface area contributed by atoms with Gasteiger partial charge in [0.1, 0.15) is 24.6 Å². The van der Waals surface area contributed by atoms with Crippen molar-refractivity contribution in [3.05, 3.63) is 109 Å². The third-order valence-electron chi connectivity index (χ3n) is 6.77. The molecule has 0 unspecified atom stereocenters. The average molecular weight is 509 g/mol. The molecule has 0 spiro atoms. The number of rotatable bonds is 13. The molecule has 0 atom stereocenters. The fraction of sp³-hybridized carbons (Fsp3) is 0.273. The number of aromatic nitrogens is 2. The highest BCUT2D eigenvalue weighted by Crippen LogP contribution is 2.24. The lowest BCUT2D eigenvalue weighted by Crippen LogP contribution is -2.32. The Balaban J connectivity index is 1.04. The van der Waals surface area contributed by atoms with E-state index in [-0.39, 0.29) is 6.61 Å². The van der Waals surface area contributed by atoms with Crippen molar-refractivity contribution in [2.75, 3.05) is 13.2 Å². The van der Waals surface area contributed by atoms with Gasteiger partial charge < -0.3 is 14.6 Å². The summed E-state index contributed by atoms with van der Waals surface area (Å²) in [4.78, 5) is 0. The molecule has 5 heteroatoms. The fourth-order valence-electron chi connectivity index (χ4n) is 4.70. The Hall–Kier alpha value is -3.96. The van der Waals surface area contributed by atoms with Gasteiger partial charge in [-0.25, -0.2) is 9.13 Å². The number of ether oxygens (including phenoxy) is 2. The number of pyridine rings is 2. The Labute approximate surface area is 224 Å². The van der Waals surface area contributed by atoms with Crippen molar-refractivity contribution < 1.29 is 23.7 Å². The Kier molecular flexibility index (Phi) is 8.80. The quantitative estimate of drug-likeness (QED) is 0.162. The van der Waals surface area contributed by atoms with Gasteiger partial charge in [0.2, 0.25) is 0 Å². The smallest absolute Gasteiger partial charge is 0.176 e. The fourth-order valence-corrected chi connectivity index (χ4v) is 4.70. The maximum absolute atomic E-state index is 9.69. The van der Waals surface area contributed by atoms with Crippen molar-refractivity contribution in [3.63, 3.8) is 0 Å². The number of hydrogen-bond donors (Lipinski definition) is 1. The molecule has 0 aliphatic heterocycles. The summed E-state index contributed by atoms with van der Waals surface area (Å²) in [6, 6.07) is 26.9. The Morgan fingerprint density at radius 2 is 1.03 bits per heavy atom. The predicted molar refractivity (Wildman–Crippen MR) is 150 cm³/mol. The molecule has 3 aromatic carbocycles. The molecular formula is C33H36N2O3+2. The minimum absolute atomic E-state index is 0.0369. The van der Waals surface area contributed by atoms with Crippen LogP contribution in [0.4, 0.5) is 0 Å². The van der Waals surface area contributed by atoms with Crippen LogP contribution in [0.2, 0.25) is 0 Å². The number of nitrogens with zero attached hydrogens (tertiary/aromatic N) is 2. The lowest BCUT2D eigenvalue weighted by atomic mass is 10.2. The molecule has 0 saturated heterocycles. The summed E-state index contributed by atoms with van der Waals surface area (Å²) in [5.74, 6) is 1.49. The van der Waals surface area contributed by atoms with E-state index >= 15 is 0 Å². The van der Waals surface area contributed by atoms with Crippen LogP contribution in [-0.2, 0) is 19.7 Å². The number of unbranched alkanes of at least 4 members (excludes halogenated alkanes) is 2. The molecule has 1 N–H and O–H groups in total. The highest BCUT2D eigenvalue weighted by atomic mass is 16.5. The van der Waals surface area contributed by atoms with Crippen molar-refractivity contribution in [3.8, 4) is 11.5 Å². The van der Waals surface area contributed by atoms with Gasteiger partial charge in [-0.15, -0.1) is 0 Å². The monoisotopic (exact) mass is 508 g/mol. The van der Waals surface area contributed by atoms with E-state index in [0.29, 0.717) is 13.2 Å². The molecule has 5 rings (SSSR count). The molecule has 0 radical (unpaired) electrons. The minimum atomic E-state index is -0.0369. The molecule has 194 valence electrons. The molecule has 0 aliphatic rings. The molecule has 0 saturated carbocycles. The summed E-state index contributed by atoms with van der Waals surface area (Å²) in [7, 11) is 0. The summed E-state index contributed by atoms with van der Waals surface area (Å²) in [5.41, 5.74) is 0.802. The van der Waals surface area contributed by atoms with Crippen LogP contribution in [0.25, 0.3) is 21.5 Å². The van der Waals surface area contributed by atoms with E-state index < -0.39 is 0 Å². The number of aliphatic hydroxyl groups excluding tert-OH is 1. The van der Waals surface area contributed by atoms with Crippen molar-refractivity contribution in [2.45, 2.75) is 45.4 Å². The SMILES string of the molecule is OCc1cc(OCCCC[n+]2ccc3ccccc3c2)cc(OCCCC[n+]2ccc3ccccc3c2)c1. The first-order valence-corrected chi connectivity index (χ1v) is 13.5. The first kappa shape index (κ1) is 25.7. The summed E-state index contributed by atoms with van der Waals surface area (Å²) >= 11 is 0. The van der Waals surface area contributed by atoms with Crippen LogP contribution >= 0.6 is 0 Å². The highest BCUT2D eigenvalue weighted by molar-refractivity contribution is 5.80. The van der Waals surface area contributed by atoms with Crippen LogP contribution in [-0.4, -0.2) is 18.3 Å². The lowest BCUT2D eigenvalue weighted by molar-refractivity contribution is -0.696. The van der Waals surface area contributed by atoms with Gasteiger partial charge >= 0.3 is 0 Å². The zero-order valence-electron chi connectivity index (χ0n) is 21.8. The first-order valence-electron chi connectivity index (χ1n) is 13.5. The van der Waals surface area contributed by atoms with Gasteiger partial charge in [-0.05, 0) is 53.4 Å². The zero-order valence-corrected chi connectivity index (χ0v) is 21.8. The number of aliphatic hydroxyl groups is 1. The van der Waals surface area contributed by atoms with Gasteiger partial charge in [0, 0.05) is 41.8 Å². The summed E-state index contributed by atoms with van der Waals surface area (Å²) in [6.07, 6.45) is 12.6. The summed E-state index contributed by atoms with van der Waals surface area (Å²) in [5, 5.41) is 14.7. The molecule has 0 bridgehead atoms. The largest absolute Gasteiger partial charge is 0.493 e. The summed E-state index contributed by atoms with van der Waals surface area (Å²) in [6.45, 7) is 3.13. The van der Waals surface area contributed by atoms with Crippen molar-refractivity contribution >= 4 is 21.5 Å². The number of hydrogen-bond acceptors (Lipinski definition) is 3. The zero-order chi connectivity index (χ0) is 26.0. The van der Waals surface area contributed by atoms with Gasteiger partial charge in [0.25, 0.3) is 0 Å². The van der Waals surface area contributed by atoms with Crippen molar-refractivity contribution in [1.82, 2.24) is 0 Å². The second kappa shape index (κ2) is 13.0. The van der Waals surface area contributed by atoms with Crippen LogP contribution in [0.1, 0.15) is 31.2 Å². The molecule has 5 aromatic rings. The standard InChI is InChI=1S/C33H36N2O3/c36-26-27-21-32(37-19-7-5-15-34-17-13-28-9-1-3-11-30(28)24-34)23-33(22-27)38-20-8-6-16-35-18-14-29-10-2-4-12-31(29)25-35/h1-4,9-14,17-18,21-25,36H,5-8,15-16,19-20,26H2/q+2. The maximum Gasteiger partial charge on any atom is 0.176 e. The third kappa shape index (κ3) is 7.08. The molecule has 2 aromatic heterocycles. The lowest BCUT2D eigenvalue weighted by Gasteiger charge is -2.11. The normalized spacial score (nSPS) is 11.2. The van der Waals surface area contributed by atoms with E-state index in [1.54, 1.807) is 0 Å². The molecular weight excluding hydrogens is 472 g/mol. The van der Waals surface area contributed by atoms with Crippen LogP contribution in [0, 0.1) is 0 Å². The van der Waals surface area contributed by atoms with Gasteiger partial charge in [-0.2, -0.15) is 0 Å². The van der Waals surface area contributed by atoms with Gasteiger partial charge in [0.15, 0.2) is 24.8 Å². The Morgan fingerprint density at radius 1 is 0.553 bits per heavy atom. The van der Waals surface area contributed by atoms with Crippen LogP contribution in [0.5, 0.6) is 11.5 Å². The van der Waals surface area contributed by atoms with Crippen LogP contribution in [0.3, 0.4) is 0 Å². The first-order chi connectivity index (χ1) is 18.8. The van der Waals surface area contributed by atoms with E-state index in [4.69, 9.17) is 9.47 Å². The molecule has 0 fully saturated rings. The second-order valence-corrected chi connectivity index (χ2v) is 9.71. The van der Waals surface area contributed by atoms with E-state index in [9.17, 15) is 5.11 Å². The van der Waals surface area contributed by atoms with Crippen LogP contribution < -0.4 is 18.6 Å². The third-order valence-corrected chi connectivity index (χ3v) is 6.77. The summed E-state index contributed by atoms with van der Waals surface area (Å²) < 4.78 is 16.5. The Morgan fingerprint density at radius 3 is 1.50 bits per heavy atom. The number of fused-ring (bicyclic) bond motifs is 2. The Bertz CT molecular complexity index is 1380. The van der Waals surface area contributed by atoms with E-state index in [1.165, 1.54) is 21.5 Å². The maximum atomic E-state index is 9.69. The topological polar surface area (TPSA) is 46.5 Å². The van der Waals surface area contributed by atoms with Gasteiger partial charge in [-0.1, -0.05) is 36.4 Å². The highest BCUT2D eigenvalue weighted by Gasteiger charge is 2.07. The van der Waals surface area contributed by atoms with E-state index in [0.717, 1.165) is 55.8 Å². The van der Waals surface area contributed by atoms with Gasteiger partial charge in [-0.3, -0.25) is 0 Å². The molecule has 0 aliphatic carbocycles.